The van der Waals surface area contributed by atoms with Crippen LogP contribution in [0.1, 0.15) is 69.2 Å². The van der Waals surface area contributed by atoms with Crippen molar-refractivity contribution in [2.45, 2.75) is 97.2 Å². The predicted octanol–water partition coefficient (Wildman–Crippen LogP) is 2.32. The second kappa shape index (κ2) is 7.13. The van der Waals surface area contributed by atoms with E-state index in [0.717, 1.165) is 16.4 Å². The van der Waals surface area contributed by atoms with E-state index in [1.54, 1.807) is 0 Å². The third kappa shape index (κ3) is 3.86. The molecule has 32 heavy (non-hydrogen) atoms. The van der Waals surface area contributed by atoms with Gasteiger partial charge < -0.3 is 27.9 Å². The first-order valence-electron chi connectivity index (χ1n) is 11.3. The molecular weight excluding hydrogens is 405 g/mol. The van der Waals surface area contributed by atoms with Crippen molar-refractivity contribution in [1.82, 2.24) is 0 Å². The average molecular weight is 440 g/mol. The maximum atomic E-state index is 6.33. The summed E-state index contributed by atoms with van der Waals surface area (Å²) in [6.45, 7) is 24.3. The average Bonchev–Trinajstić information content (AvgIpc) is 3.13. The first-order chi connectivity index (χ1) is 14.4. The highest BCUT2D eigenvalue weighted by Crippen LogP contribution is 2.38. The first-order valence-corrected chi connectivity index (χ1v) is 11.3. The van der Waals surface area contributed by atoms with Crippen LogP contribution in [0, 0.1) is 0 Å². The van der Waals surface area contributed by atoms with E-state index in [9.17, 15) is 0 Å². The van der Waals surface area contributed by atoms with Gasteiger partial charge in [-0.1, -0.05) is 24.8 Å². The fourth-order valence-corrected chi connectivity index (χ4v) is 3.83. The predicted molar refractivity (Wildman–Crippen MR) is 129 cm³/mol. The third-order valence-corrected chi connectivity index (χ3v) is 7.65. The fourth-order valence-electron chi connectivity index (χ4n) is 3.83. The van der Waals surface area contributed by atoms with E-state index < -0.39 is 49.4 Å². The van der Waals surface area contributed by atoms with Crippen molar-refractivity contribution in [2.24, 2.45) is 0 Å². The van der Waals surface area contributed by atoms with Crippen LogP contribution in [0.2, 0.25) is 0 Å². The number of hydrogen-bond donors (Lipinski definition) is 0. The van der Waals surface area contributed by atoms with Gasteiger partial charge in [0.15, 0.2) is 0 Å². The van der Waals surface area contributed by atoms with Gasteiger partial charge >= 0.3 is 21.4 Å². The van der Waals surface area contributed by atoms with Gasteiger partial charge in [0.25, 0.3) is 0 Å². The maximum absolute atomic E-state index is 6.33. The molecule has 3 heterocycles. The molecule has 0 N–H and O–H groups in total. The Hall–Kier alpha value is -1.25. The van der Waals surface area contributed by atoms with E-state index in [4.69, 9.17) is 27.9 Å². The van der Waals surface area contributed by atoms with Gasteiger partial charge in [0.1, 0.15) is 5.60 Å². The minimum Gasteiger partial charge on any atom is -0.534 e. The van der Waals surface area contributed by atoms with Gasteiger partial charge in [-0.05, 0) is 85.6 Å². The Kier molecular flexibility index (Phi) is 5.32. The highest BCUT2D eigenvalue weighted by Gasteiger charge is 2.54. The van der Waals surface area contributed by atoms with Gasteiger partial charge in [0, 0.05) is 0 Å². The zero-order valence-electron chi connectivity index (χ0n) is 21.1. The molecule has 0 saturated carbocycles. The molecule has 0 aliphatic carbocycles. The van der Waals surface area contributed by atoms with Crippen LogP contribution in [0.5, 0.6) is 0 Å². The summed E-state index contributed by atoms with van der Waals surface area (Å²) in [6, 6.07) is 6.05. The Balaban J connectivity index is 1.74. The normalized spacial score (nSPS) is 27.2. The van der Waals surface area contributed by atoms with E-state index in [0.29, 0.717) is 5.76 Å². The molecule has 0 spiro atoms. The second-order valence-electron chi connectivity index (χ2n) is 11.6. The van der Waals surface area contributed by atoms with Crippen molar-refractivity contribution >= 4 is 37.7 Å². The first kappa shape index (κ1) is 23.9. The second-order valence-corrected chi connectivity index (χ2v) is 11.6. The molecule has 3 aliphatic rings. The van der Waals surface area contributed by atoms with Crippen LogP contribution >= 0.6 is 0 Å². The van der Waals surface area contributed by atoms with E-state index >= 15 is 0 Å². The van der Waals surface area contributed by atoms with Crippen LogP contribution < -0.4 is 16.4 Å². The largest absolute Gasteiger partial charge is 0.563 e. The Morgan fingerprint density at radius 3 is 1.12 bits per heavy atom. The van der Waals surface area contributed by atoms with E-state index in [-0.39, 0.29) is 0 Å². The highest BCUT2D eigenvalue weighted by atomic mass is 16.7. The Bertz CT molecular complexity index is 853. The van der Waals surface area contributed by atoms with Gasteiger partial charge in [-0.3, -0.25) is 0 Å². The molecule has 6 nitrogen and oxygen atoms in total. The van der Waals surface area contributed by atoms with Crippen LogP contribution in [0.3, 0.4) is 0 Å². The highest BCUT2D eigenvalue weighted by molar-refractivity contribution is 6.69. The van der Waals surface area contributed by atoms with Gasteiger partial charge in [-0.25, -0.2) is 0 Å². The van der Waals surface area contributed by atoms with Gasteiger partial charge in [-0.2, -0.15) is 0 Å². The molecule has 4 rings (SSSR count). The number of rotatable bonds is 3. The lowest BCUT2D eigenvalue weighted by Gasteiger charge is -2.32. The van der Waals surface area contributed by atoms with Gasteiger partial charge in [0.05, 0.1) is 28.2 Å². The summed E-state index contributed by atoms with van der Waals surface area (Å²) >= 11 is 0. The summed E-state index contributed by atoms with van der Waals surface area (Å²) in [6.07, 6.45) is 0. The molecule has 3 fully saturated rings. The molecule has 0 bridgehead atoms. The summed E-state index contributed by atoms with van der Waals surface area (Å²) in [4.78, 5) is 0. The zero-order chi connectivity index (χ0) is 23.9. The lowest BCUT2D eigenvalue weighted by molar-refractivity contribution is 0.00578. The summed E-state index contributed by atoms with van der Waals surface area (Å²) in [7, 11) is -1.64. The molecule has 1 aromatic carbocycles. The molecule has 3 saturated heterocycles. The van der Waals surface area contributed by atoms with Crippen molar-refractivity contribution in [2.75, 3.05) is 0 Å². The molecule has 0 amide bonds. The van der Waals surface area contributed by atoms with Crippen LogP contribution in [-0.4, -0.2) is 49.4 Å². The Morgan fingerprint density at radius 1 is 0.531 bits per heavy atom. The molecule has 1 aromatic rings. The summed E-state index contributed by atoms with van der Waals surface area (Å²) in [5.74, 6) is 0.598. The maximum Gasteiger partial charge on any atom is 0.563 e. The number of hydrogen-bond acceptors (Lipinski definition) is 6. The molecule has 0 atom stereocenters. The topological polar surface area (TPSA) is 55.4 Å². The fraction of sp³-hybridized carbons (Fsp3) is 0.652. The van der Waals surface area contributed by atoms with Crippen molar-refractivity contribution in [3.8, 4) is 0 Å². The van der Waals surface area contributed by atoms with Crippen molar-refractivity contribution in [3.63, 3.8) is 0 Å². The van der Waals surface area contributed by atoms with Crippen molar-refractivity contribution in [3.05, 3.63) is 30.5 Å². The smallest absolute Gasteiger partial charge is 0.534 e. The van der Waals surface area contributed by atoms with Crippen LogP contribution in [0.25, 0.3) is 0 Å². The Labute approximate surface area is 193 Å². The molecule has 0 unspecified atom stereocenters. The summed E-state index contributed by atoms with van der Waals surface area (Å²) in [5.41, 5.74) is 0.207. The SMILES string of the molecule is C=C1OB(c2cc(B3OC(C)(C)C(C)(C)O3)cc(B3OC(C)(C)C(C)(C)O3)c2)OC1(C)C. The number of benzene rings is 1. The molecular formula is C23H35B3O6. The molecule has 0 radical (unpaired) electrons. The van der Waals surface area contributed by atoms with E-state index in [1.165, 1.54) is 0 Å². The molecule has 3 aliphatic heterocycles. The molecule has 0 aromatic heterocycles. The third-order valence-electron chi connectivity index (χ3n) is 7.65. The molecule has 9 heteroatoms. The minimum absolute atomic E-state index is 0.450. The molecule has 172 valence electrons. The van der Waals surface area contributed by atoms with Gasteiger partial charge in [0.2, 0.25) is 0 Å². The lowest BCUT2D eigenvalue weighted by atomic mass is 9.66. The summed E-state index contributed by atoms with van der Waals surface area (Å²) < 4.78 is 37.4. The standard InChI is InChI=1S/C23H35B3O6/c1-15-19(2,3)28-24(27-15)16-12-17(25-29-20(4,5)21(6,7)30-25)14-18(13-16)26-31-22(8,9)23(10,11)32-26/h12-14H,1H2,2-11H3. The summed E-state index contributed by atoms with van der Waals surface area (Å²) in [5, 5.41) is 0. The van der Waals surface area contributed by atoms with Crippen LogP contribution in [0.15, 0.2) is 30.5 Å². The minimum atomic E-state index is -0.582. The quantitative estimate of drug-likeness (QED) is 0.674. The zero-order valence-corrected chi connectivity index (χ0v) is 21.1. The van der Waals surface area contributed by atoms with Crippen molar-refractivity contribution in [1.29, 1.82) is 0 Å². The van der Waals surface area contributed by atoms with E-state index in [2.05, 4.69) is 6.58 Å². The Morgan fingerprint density at radius 2 is 0.844 bits per heavy atom. The lowest BCUT2D eigenvalue weighted by Crippen LogP contribution is -2.47. The van der Waals surface area contributed by atoms with E-state index in [1.807, 2.05) is 87.4 Å². The van der Waals surface area contributed by atoms with Gasteiger partial charge in [-0.15, -0.1) is 0 Å². The monoisotopic (exact) mass is 440 g/mol. The van der Waals surface area contributed by atoms with Crippen LogP contribution in [0.4, 0.5) is 0 Å². The van der Waals surface area contributed by atoms with Crippen molar-refractivity contribution < 1.29 is 27.9 Å². The van der Waals surface area contributed by atoms with Crippen LogP contribution in [-0.2, 0) is 27.9 Å².